The molecular weight excluding hydrogens is 286 g/mol. The highest BCUT2D eigenvalue weighted by molar-refractivity contribution is 5.97. The van der Waals surface area contributed by atoms with Crippen molar-refractivity contribution in [3.63, 3.8) is 0 Å². The zero-order valence-corrected chi connectivity index (χ0v) is 11.8. The second-order valence-electron chi connectivity index (χ2n) is 5.29. The molecule has 1 aliphatic carbocycles. The van der Waals surface area contributed by atoms with Crippen LogP contribution in [0.4, 0.5) is 0 Å². The molecule has 114 valence electrons. The van der Waals surface area contributed by atoms with Crippen molar-refractivity contribution in [1.82, 2.24) is 25.1 Å². The molecule has 1 saturated carbocycles. The lowest BCUT2D eigenvalue weighted by Gasteiger charge is -2.25. The van der Waals surface area contributed by atoms with Crippen LogP contribution in [0.5, 0.6) is 0 Å². The minimum absolute atomic E-state index is 0.316. The predicted molar refractivity (Wildman–Crippen MR) is 75.5 cm³/mol. The number of aromatic nitrogens is 4. The molecule has 8 heteroatoms. The van der Waals surface area contributed by atoms with Gasteiger partial charge in [0.25, 0.3) is 5.91 Å². The van der Waals surface area contributed by atoms with Crippen LogP contribution in [0.2, 0.25) is 0 Å². The van der Waals surface area contributed by atoms with Crippen molar-refractivity contribution < 1.29 is 14.7 Å². The van der Waals surface area contributed by atoms with Gasteiger partial charge in [-0.05, 0) is 25.0 Å². The van der Waals surface area contributed by atoms with Gasteiger partial charge in [-0.25, -0.2) is 19.4 Å². The minimum Gasteiger partial charge on any atom is -0.480 e. The normalized spacial score (nSPS) is 16.4. The van der Waals surface area contributed by atoms with Crippen LogP contribution in [-0.4, -0.2) is 42.3 Å². The average Bonchev–Trinajstić information content (AvgIpc) is 3.19. The summed E-state index contributed by atoms with van der Waals surface area (Å²) >= 11 is 0. The Morgan fingerprint density at radius 3 is 2.59 bits per heavy atom. The average molecular weight is 301 g/mol. The van der Waals surface area contributed by atoms with Gasteiger partial charge in [-0.1, -0.05) is 12.8 Å². The van der Waals surface area contributed by atoms with Gasteiger partial charge in [-0.2, -0.15) is 5.10 Å². The molecule has 1 fully saturated rings. The van der Waals surface area contributed by atoms with Gasteiger partial charge in [-0.3, -0.25) is 4.79 Å². The highest BCUT2D eigenvalue weighted by Crippen LogP contribution is 2.30. The molecule has 0 aliphatic heterocycles. The molecule has 3 rings (SSSR count). The molecule has 2 aromatic heterocycles. The Morgan fingerprint density at radius 2 is 2.05 bits per heavy atom. The number of carboxylic acid groups (broad SMARTS) is 1. The molecular formula is C14H15N5O3. The van der Waals surface area contributed by atoms with Gasteiger partial charge in [0.1, 0.15) is 18.2 Å². The van der Waals surface area contributed by atoms with Gasteiger partial charge in [0.2, 0.25) is 0 Å². The first-order chi connectivity index (χ1) is 10.6. The number of amides is 1. The Kier molecular flexibility index (Phi) is 3.58. The first kappa shape index (κ1) is 14.2. The van der Waals surface area contributed by atoms with Crippen LogP contribution in [0.25, 0.3) is 5.82 Å². The van der Waals surface area contributed by atoms with Crippen LogP contribution in [0.15, 0.2) is 31.0 Å². The van der Waals surface area contributed by atoms with Crippen molar-refractivity contribution in [1.29, 1.82) is 0 Å². The van der Waals surface area contributed by atoms with E-state index in [1.807, 2.05) is 0 Å². The van der Waals surface area contributed by atoms with Crippen molar-refractivity contribution in [3.05, 3.63) is 36.5 Å². The van der Waals surface area contributed by atoms with Crippen LogP contribution in [0.1, 0.15) is 36.0 Å². The number of carbonyl (C=O) groups is 2. The zero-order chi connectivity index (χ0) is 15.6. The molecule has 0 aromatic carbocycles. The first-order valence-electron chi connectivity index (χ1n) is 6.98. The van der Waals surface area contributed by atoms with Crippen LogP contribution in [0, 0.1) is 0 Å². The van der Waals surface area contributed by atoms with Gasteiger partial charge in [0, 0.05) is 6.20 Å². The molecule has 0 radical (unpaired) electrons. The third-order valence-electron chi connectivity index (χ3n) is 3.88. The fraction of sp³-hybridized carbons (Fsp3) is 0.357. The maximum Gasteiger partial charge on any atom is 0.329 e. The lowest BCUT2D eigenvalue weighted by Crippen LogP contribution is -2.52. The molecule has 2 aromatic rings. The largest absolute Gasteiger partial charge is 0.480 e. The SMILES string of the molecule is O=C(NC1(C(=O)O)CCCC1)c1ccc(-n2cncn2)nc1. The minimum atomic E-state index is -1.15. The summed E-state index contributed by atoms with van der Waals surface area (Å²) in [6.45, 7) is 0. The molecule has 0 saturated heterocycles. The molecule has 0 spiro atoms. The first-order valence-corrected chi connectivity index (χ1v) is 6.98. The summed E-state index contributed by atoms with van der Waals surface area (Å²) in [6, 6.07) is 3.22. The van der Waals surface area contributed by atoms with Crippen molar-refractivity contribution in [2.45, 2.75) is 31.2 Å². The third-order valence-corrected chi connectivity index (χ3v) is 3.88. The molecule has 0 bridgehead atoms. The number of nitrogens with zero attached hydrogens (tertiary/aromatic N) is 4. The number of hydrogen-bond donors (Lipinski definition) is 2. The summed E-state index contributed by atoms with van der Waals surface area (Å²) < 4.78 is 1.47. The van der Waals surface area contributed by atoms with Crippen molar-refractivity contribution in [2.75, 3.05) is 0 Å². The number of nitrogens with one attached hydrogen (secondary N) is 1. The fourth-order valence-electron chi connectivity index (χ4n) is 2.64. The number of hydrogen-bond acceptors (Lipinski definition) is 5. The molecule has 0 unspecified atom stereocenters. The van der Waals surface area contributed by atoms with Crippen molar-refractivity contribution in [2.24, 2.45) is 0 Å². The van der Waals surface area contributed by atoms with Gasteiger partial charge < -0.3 is 10.4 Å². The summed E-state index contributed by atoms with van der Waals surface area (Å²) in [4.78, 5) is 31.7. The molecule has 2 N–H and O–H groups in total. The van der Waals surface area contributed by atoms with E-state index in [4.69, 9.17) is 0 Å². The van der Waals surface area contributed by atoms with E-state index in [1.54, 1.807) is 12.1 Å². The van der Waals surface area contributed by atoms with E-state index >= 15 is 0 Å². The van der Waals surface area contributed by atoms with Gasteiger partial charge in [0.15, 0.2) is 5.82 Å². The zero-order valence-electron chi connectivity index (χ0n) is 11.8. The number of carboxylic acids is 1. The third kappa shape index (κ3) is 2.54. The maximum absolute atomic E-state index is 12.3. The smallest absolute Gasteiger partial charge is 0.329 e. The molecule has 0 atom stereocenters. The number of pyridine rings is 1. The lowest BCUT2D eigenvalue weighted by molar-refractivity contribution is -0.144. The maximum atomic E-state index is 12.3. The van der Waals surface area contributed by atoms with Crippen LogP contribution in [0.3, 0.4) is 0 Å². The number of rotatable bonds is 4. The summed E-state index contributed by atoms with van der Waals surface area (Å²) in [7, 11) is 0. The highest BCUT2D eigenvalue weighted by Gasteiger charge is 2.42. The Bertz CT molecular complexity index is 675. The van der Waals surface area contributed by atoms with E-state index < -0.39 is 17.4 Å². The molecule has 1 amide bonds. The summed E-state index contributed by atoms with van der Waals surface area (Å²) in [5.74, 6) is -0.879. The van der Waals surface area contributed by atoms with Gasteiger partial charge in [0.05, 0.1) is 5.56 Å². The van der Waals surface area contributed by atoms with E-state index in [-0.39, 0.29) is 0 Å². The summed E-state index contributed by atoms with van der Waals surface area (Å²) in [5.41, 5.74) is -0.835. The Morgan fingerprint density at radius 1 is 1.27 bits per heavy atom. The second-order valence-corrected chi connectivity index (χ2v) is 5.29. The highest BCUT2D eigenvalue weighted by atomic mass is 16.4. The lowest BCUT2D eigenvalue weighted by atomic mass is 9.97. The fourth-order valence-corrected chi connectivity index (χ4v) is 2.64. The van der Waals surface area contributed by atoms with E-state index in [1.165, 1.54) is 23.5 Å². The monoisotopic (exact) mass is 301 g/mol. The molecule has 2 heterocycles. The number of carbonyl (C=O) groups excluding carboxylic acids is 1. The van der Waals surface area contributed by atoms with Crippen molar-refractivity contribution >= 4 is 11.9 Å². The van der Waals surface area contributed by atoms with E-state index in [0.29, 0.717) is 24.2 Å². The molecule has 22 heavy (non-hydrogen) atoms. The Labute approximate surface area is 126 Å². The van der Waals surface area contributed by atoms with E-state index in [2.05, 4.69) is 20.4 Å². The Balaban J connectivity index is 1.76. The van der Waals surface area contributed by atoms with Gasteiger partial charge in [-0.15, -0.1) is 0 Å². The topological polar surface area (TPSA) is 110 Å². The molecule has 8 nitrogen and oxygen atoms in total. The number of aliphatic carboxylic acids is 1. The van der Waals surface area contributed by atoms with E-state index in [0.717, 1.165) is 12.8 Å². The predicted octanol–water partition coefficient (Wildman–Crippen LogP) is 0.789. The van der Waals surface area contributed by atoms with Crippen LogP contribution >= 0.6 is 0 Å². The van der Waals surface area contributed by atoms with E-state index in [9.17, 15) is 14.7 Å². The second kappa shape index (κ2) is 5.55. The van der Waals surface area contributed by atoms with Crippen LogP contribution in [-0.2, 0) is 4.79 Å². The van der Waals surface area contributed by atoms with Crippen molar-refractivity contribution in [3.8, 4) is 5.82 Å². The van der Waals surface area contributed by atoms with Crippen LogP contribution < -0.4 is 5.32 Å². The summed E-state index contributed by atoms with van der Waals surface area (Å²) in [5, 5.41) is 16.0. The standard InChI is InChI=1S/C14H15N5O3/c20-12(18-14(13(21)22)5-1-2-6-14)10-3-4-11(16-7-10)19-9-15-8-17-19/h3-4,7-9H,1-2,5-6H2,(H,18,20)(H,21,22). The summed E-state index contributed by atoms with van der Waals surface area (Å²) in [6.07, 6.45) is 6.80. The van der Waals surface area contributed by atoms with Gasteiger partial charge >= 0.3 is 5.97 Å². The molecule has 1 aliphatic rings. The quantitative estimate of drug-likeness (QED) is 0.864. The Hall–Kier alpha value is -2.77.